The number of hydrogen-bond donors (Lipinski definition) is 1. The third-order valence-electron chi connectivity index (χ3n) is 3.77. The average Bonchev–Trinajstić information content (AvgIpc) is 3.34. The summed E-state index contributed by atoms with van der Waals surface area (Å²) in [4.78, 5) is 24.6. The van der Waals surface area contributed by atoms with Gasteiger partial charge in [-0.3, -0.25) is 4.79 Å². The van der Waals surface area contributed by atoms with E-state index in [9.17, 15) is 14.0 Å². The van der Waals surface area contributed by atoms with Crippen LogP contribution in [0.15, 0.2) is 23.1 Å². The largest absolute Gasteiger partial charge is 0.462 e. The van der Waals surface area contributed by atoms with Crippen molar-refractivity contribution in [1.82, 2.24) is 4.57 Å². The molecule has 2 aromatic rings. The van der Waals surface area contributed by atoms with Crippen LogP contribution in [0.5, 0.6) is 0 Å². The highest BCUT2D eigenvalue weighted by Gasteiger charge is 2.27. The van der Waals surface area contributed by atoms with E-state index in [2.05, 4.69) is 0 Å². The fourth-order valence-electron chi connectivity index (χ4n) is 2.45. The minimum absolute atomic E-state index is 0.0191. The summed E-state index contributed by atoms with van der Waals surface area (Å²) in [7, 11) is 0. The van der Waals surface area contributed by atoms with E-state index in [0.717, 1.165) is 18.9 Å². The Balaban J connectivity index is 2.12. The molecule has 1 N–H and O–H groups in total. The van der Waals surface area contributed by atoms with Crippen molar-refractivity contribution in [2.45, 2.75) is 25.3 Å². The van der Waals surface area contributed by atoms with Crippen molar-refractivity contribution in [3.8, 4) is 0 Å². The van der Waals surface area contributed by atoms with Gasteiger partial charge >= 0.3 is 5.97 Å². The summed E-state index contributed by atoms with van der Waals surface area (Å²) in [6, 6.07) is 2.64. The lowest BCUT2D eigenvalue weighted by Crippen LogP contribution is -2.21. The number of benzene rings is 1. The van der Waals surface area contributed by atoms with Crippen molar-refractivity contribution in [3.63, 3.8) is 0 Å². The van der Waals surface area contributed by atoms with E-state index < -0.39 is 17.2 Å². The summed E-state index contributed by atoms with van der Waals surface area (Å²) in [5.41, 5.74) is -0.207. The van der Waals surface area contributed by atoms with Crippen molar-refractivity contribution >= 4 is 28.5 Å². The highest BCUT2D eigenvalue weighted by molar-refractivity contribution is 6.31. The highest BCUT2D eigenvalue weighted by Crippen LogP contribution is 2.37. The molecule has 0 atom stereocenters. The molecule has 0 spiro atoms. The van der Waals surface area contributed by atoms with Crippen molar-refractivity contribution in [1.29, 1.82) is 0 Å². The Kier molecular flexibility index (Phi) is 4.37. The van der Waals surface area contributed by atoms with Crippen LogP contribution in [0.2, 0.25) is 5.02 Å². The molecular formula is C16H15ClFNO4. The highest BCUT2D eigenvalue weighted by atomic mass is 35.5. The molecule has 0 saturated heterocycles. The van der Waals surface area contributed by atoms with Crippen LogP contribution in [0.3, 0.4) is 0 Å². The van der Waals surface area contributed by atoms with E-state index in [1.165, 1.54) is 12.3 Å². The van der Waals surface area contributed by atoms with E-state index >= 15 is 0 Å². The molecule has 23 heavy (non-hydrogen) atoms. The number of carbonyl (C=O) groups is 1. The Morgan fingerprint density at radius 2 is 2.17 bits per heavy atom. The first-order chi connectivity index (χ1) is 11.0. The third-order valence-corrected chi connectivity index (χ3v) is 4.06. The molecule has 0 bridgehead atoms. The fourth-order valence-corrected chi connectivity index (χ4v) is 2.61. The SMILES string of the molecule is O=C(OCCCO)c1cn(C2CC2)c2cc(Cl)c(F)cc2c1=O. The van der Waals surface area contributed by atoms with Crippen LogP contribution in [0.1, 0.15) is 35.7 Å². The van der Waals surface area contributed by atoms with Gasteiger partial charge in [-0.1, -0.05) is 11.6 Å². The fraction of sp³-hybridized carbons (Fsp3) is 0.375. The van der Waals surface area contributed by atoms with Gasteiger partial charge in [-0.05, 0) is 25.0 Å². The number of hydrogen-bond acceptors (Lipinski definition) is 4. The number of aliphatic hydroxyl groups excluding tert-OH is 1. The minimum atomic E-state index is -0.768. The molecule has 1 fully saturated rings. The zero-order chi connectivity index (χ0) is 16.6. The van der Waals surface area contributed by atoms with Crippen molar-refractivity contribution < 1.29 is 19.0 Å². The molecule has 3 rings (SSSR count). The molecule has 0 amide bonds. The molecular weight excluding hydrogens is 325 g/mol. The van der Waals surface area contributed by atoms with Crippen molar-refractivity contribution in [3.05, 3.63) is 45.0 Å². The van der Waals surface area contributed by atoms with Gasteiger partial charge in [0.15, 0.2) is 0 Å². The monoisotopic (exact) mass is 339 g/mol. The summed E-state index contributed by atoms with van der Waals surface area (Å²) < 4.78 is 20.5. The molecule has 1 aromatic carbocycles. The quantitative estimate of drug-likeness (QED) is 0.671. The molecule has 0 radical (unpaired) electrons. The summed E-state index contributed by atoms with van der Waals surface area (Å²) in [6.45, 7) is -0.0910. The van der Waals surface area contributed by atoms with Gasteiger partial charge in [0.05, 0.1) is 17.1 Å². The number of esters is 1. The van der Waals surface area contributed by atoms with Gasteiger partial charge in [0.25, 0.3) is 0 Å². The van der Waals surface area contributed by atoms with E-state index in [1.54, 1.807) is 4.57 Å². The van der Waals surface area contributed by atoms with E-state index in [0.29, 0.717) is 11.9 Å². The van der Waals surface area contributed by atoms with Crippen LogP contribution in [-0.4, -0.2) is 28.9 Å². The van der Waals surface area contributed by atoms with Gasteiger partial charge in [0.2, 0.25) is 5.43 Å². The lowest BCUT2D eigenvalue weighted by molar-refractivity contribution is 0.0480. The maximum Gasteiger partial charge on any atom is 0.343 e. The maximum atomic E-state index is 13.7. The van der Waals surface area contributed by atoms with E-state index in [4.69, 9.17) is 21.4 Å². The lowest BCUT2D eigenvalue weighted by atomic mass is 10.1. The maximum absolute atomic E-state index is 13.7. The first kappa shape index (κ1) is 16.0. The Hall–Kier alpha value is -1.92. The van der Waals surface area contributed by atoms with Crippen LogP contribution in [0.25, 0.3) is 10.9 Å². The average molecular weight is 340 g/mol. The molecule has 1 aromatic heterocycles. The summed E-state index contributed by atoms with van der Waals surface area (Å²) >= 11 is 5.82. The lowest BCUT2D eigenvalue weighted by Gasteiger charge is -2.13. The molecule has 1 aliphatic rings. The third kappa shape index (κ3) is 3.09. The van der Waals surface area contributed by atoms with Crippen LogP contribution in [0.4, 0.5) is 4.39 Å². The normalized spacial score (nSPS) is 14.2. The molecule has 1 aliphatic carbocycles. The number of carbonyl (C=O) groups excluding carboxylic acids is 1. The second kappa shape index (κ2) is 6.29. The van der Waals surface area contributed by atoms with Crippen LogP contribution in [-0.2, 0) is 4.74 Å². The van der Waals surface area contributed by atoms with Crippen molar-refractivity contribution in [2.75, 3.05) is 13.2 Å². The predicted molar refractivity (Wildman–Crippen MR) is 83.4 cm³/mol. The summed E-state index contributed by atoms with van der Waals surface area (Å²) in [5, 5.41) is 8.76. The first-order valence-electron chi connectivity index (χ1n) is 7.35. The Morgan fingerprint density at radius 3 is 2.83 bits per heavy atom. The molecule has 1 saturated carbocycles. The summed E-state index contributed by atoms with van der Waals surface area (Å²) in [6.07, 6.45) is 3.59. The second-order valence-corrected chi connectivity index (χ2v) is 5.91. The Labute approximate surface area is 136 Å². The Morgan fingerprint density at radius 1 is 1.43 bits per heavy atom. The topological polar surface area (TPSA) is 68.5 Å². The second-order valence-electron chi connectivity index (χ2n) is 5.51. The smallest absolute Gasteiger partial charge is 0.343 e. The van der Waals surface area contributed by atoms with Gasteiger partial charge < -0.3 is 14.4 Å². The number of halogens is 2. The molecule has 5 nitrogen and oxygen atoms in total. The van der Waals surface area contributed by atoms with Gasteiger partial charge in [-0.25, -0.2) is 9.18 Å². The molecule has 0 unspecified atom stereocenters. The predicted octanol–water partition coefficient (Wildman–Crippen LogP) is 2.67. The van der Waals surface area contributed by atoms with Crippen LogP contribution < -0.4 is 5.43 Å². The van der Waals surface area contributed by atoms with Gasteiger partial charge in [-0.15, -0.1) is 0 Å². The van der Waals surface area contributed by atoms with Gasteiger partial charge in [0.1, 0.15) is 11.4 Å². The number of rotatable bonds is 5. The zero-order valence-electron chi connectivity index (χ0n) is 12.2. The van der Waals surface area contributed by atoms with Gasteiger partial charge in [0, 0.05) is 30.7 Å². The number of nitrogens with zero attached hydrogens (tertiary/aromatic N) is 1. The number of fused-ring (bicyclic) bond motifs is 1. The first-order valence-corrected chi connectivity index (χ1v) is 7.72. The van der Waals surface area contributed by atoms with E-state index in [1.807, 2.05) is 0 Å². The zero-order valence-corrected chi connectivity index (χ0v) is 13.0. The summed E-state index contributed by atoms with van der Waals surface area (Å²) in [5.74, 6) is -1.47. The van der Waals surface area contributed by atoms with Crippen molar-refractivity contribution in [2.24, 2.45) is 0 Å². The number of ether oxygens (including phenoxy) is 1. The van der Waals surface area contributed by atoms with Crippen LogP contribution in [0, 0.1) is 5.82 Å². The molecule has 0 aliphatic heterocycles. The molecule has 1 heterocycles. The number of aliphatic hydroxyl groups is 1. The van der Waals surface area contributed by atoms with Crippen LogP contribution >= 0.6 is 11.6 Å². The molecule has 122 valence electrons. The standard InChI is InChI=1S/C16H15ClFNO4/c17-12-7-14-10(6-13(12)18)15(21)11(8-19(14)9-2-3-9)16(22)23-5-1-4-20/h6-9,20H,1-5H2. The number of pyridine rings is 1. The van der Waals surface area contributed by atoms with Gasteiger partial charge in [-0.2, -0.15) is 0 Å². The number of aromatic nitrogens is 1. The molecule has 7 heteroatoms. The minimum Gasteiger partial charge on any atom is -0.462 e. The van der Waals surface area contributed by atoms with E-state index in [-0.39, 0.29) is 35.2 Å². The Bertz CT molecular complexity index is 829.